The summed E-state index contributed by atoms with van der Waals surface area (Å²) in [5, 5.41) is 18.4. The Kier molecular flexibility index (Phi) is 12.5. The Morgan fingerprint density at radius 2 is 1.31 bits per heavy atom. The van der Waals surface area contributed by atoms with Crippen LogP contribution >= 0.6 is 0 Å². The lowest BCUT2D eigenvalue weighted by Gasteiger charge is -2.37. The molecule has 0 saturated heterocycles. The van der Waals surface area contributed by atoms with Gasteiger partial charge in [-0.1, -0.05) is 70.4 Å². The van der Waals surface area contributed by atoms with E-state index >= 15 is 0 Å². The Hall–Kier alpha value is -3.75. The van der Waals surface area contributed by atoms with E-state index in [0.29, 0.717) is 17.0 Å². The number of aliphatic hydroxyl groups is 2. The molecule has 2 fully saturated rings. The fourth-order valence-electron chi connectivity index (χ4n) is 6.49. The van der Waals surface area contributed by atoms with Gasteiger partial charge in [0.1, 0.15) is 23.2 Å². The van der Waals surface area contributed by atoms with Crippen LogP contribution in [-0.2, 0) is 14.3 Å². The molecule has 0 amide bonds. The number of esters is 3. The molecule has 0 spiro atoms. The minimum Gasteiger partial charge on any atom is -0.459 e. The fourth-order valence-corrected chi connectivity index (χ4v) is 6.49. The molecule has 45 heavy (non-hydrogen) atoms. The first-order valence-electron chi connectivity index (χ1n) is 16.2. The number of ether oxygens (including phenoxy) is 3. The van der Waals surface area contributed by atoms with Crippen LogP contribution in [0.4, 0.5) is 0 Å². The van der Waals surface area contributed by atoms with E-state index in [4.69, 9.17) is 19.3 Å². The molecule has 242 valence electrons. The third-order valence-corrected chi connectivity index (χ3v) is 9.28. The van der Waals surface area contributed by atoms with Crippen LogP contribution in [0.5, 0.6) is 11.5 Å². The molecule has 2 aromatic rings. The smallest absolute Gasteiger partial charge is 0.342 e. The lowest BCUT2D eigenvalue weighted by molar-refractivity contribution is -0.131. The molecular formula is C37H46O8. The zero-order valence-electron chi connectivity index (χ0n) is 26.3. The molecule has 2 aromatic carbocycles. The predicted octanol–water partition coefficient (Wildman–Crippen LogP) is 6.97. The lowest BCUT2D eigenvalue weighted by Crippen LogP contribution is -2.30. The summed E-state index contributed by atoms with van der Waals surface area (Å²) in [7, 11) is 0. The number of unbranched alkanes of at least 4 members (excludes halogenated alkanes) is 1. The van der Waals surface area contributed by atoms with Gasteiger partial charge < -0.3 is 24.4 Å². The molecule has 4 rings (SSSR count). The highest BCUT2D eigenvalue weighted by Gasteiger charge is 2.32. The molecular weight excluding hydrogens is 572 g/mol. The molecule has 0 heterocycles. The van der Waals surface area contributed by atoms with Crippen LogP contribution in [0.2, 0.25) is 0 Å². The quantitative estimate of drug-likeness (QED) is 0.140. The van der Waals surface area contributed by atoms with Crippen LogP contribution in [0.3, 0.4) is 0 Å². The first-order chi connectivity index (χ1) is 21.7. The molecule has 8 heteroatoms. The SMILES string of the molecule is C=C(CO)C(=O)Oc1ccc(-c2ccc(OC(=O)C(=C)CO)c(C(=O)OC3CCC(C4CCC(CCCC)CC4)CC3)c2)cc1. The number of benzene rings is 2. The number of aliphatic hydroxyl groups excluding tert-OH is 2. The minimum atomic E-state index is -0.833. The van der Waals surface area contributed by atoms with Gasteiger partial charge in [-0.15, -0.1) is 0 Å². The summed E-state index contributed by atoms with van der Waals surface area (Å²) in [5.74, 6) is 0.485. The molecule has 8 nitrogen and oxygen atoms in total. The van der Waals surface area contributed by atoms with E-state index < -0.39 is 31.1 Å². The summed E-state index contributed by atoms with van der Waals surface area (Å²) in [6.07, 6.45) is 12.8. The first-order valence-corrected chi connectivity index (χ1v) is 16.2. The fraction of sp³-hybridized carbons (Fsp3) is 0.486. The van der Waals surface area contributed by atoms with Gasteiger partial charge in [-0.05, 0) is 91.7 Å². The van der Waals surface area contributed by atoms with Gasteiger partial charge in [0, 0.05) is 0 Å². The topological polar surface area (TPSA) is 119 Å². The zero-order valence-corrected chi connectivity index (χ0v) is 26.3. The van der Waals surface area contributed by atoms with E-state index in [1.54, 1.807) is 36.4 Å². The van der Waals surface area contributed by atoms with Gasteiger partial charge in [-0.3, -0.25) is 0 Å². The van der Waals surface area contributed by atoms with Crippen molar-refractivity contribution in [2.75, 3.05) is 13.2 Å². The molecule has 0 aromatic heterocycles. The summed E-state index contributed by atoms with van der Waals surface area (Å²) in [6.45, 7) is 8.17. The summed E-state index contributed by atoms with van der Waals surface area (Å²) in [6, 6.07) is 11.4. The van der Waals surface area contributed by atoms with Gasteiger partial charge in [-0.25, -0.2) is 14.4 Å². The van der Waals surface area contributed by atoms with Gasteiger partial charge >= 0.3 is 17.9 Å². The van der Waals surface area contributed by atoms with Crippen LogP contribution in [-0.4, -0.2) is 47.4 Å². The molecule has 0 bridgehead atoms. The maximum atomic E-state index is 13.5. The number of rotatable bonds is 13. The third kappa shape index (κ3) is 9.38. The van der Waals surface area contributed by atoms with E-state index in [2.05, 4.69) is 20.1 Å². The Labute approximate surface area is 266 Å². The van der Waals surface area contributed by atoms with E-state index in [0.717, 1.165) is 37.5 Å². The second-order valence-electron chi connectivity index (χ2n) is 12.4. The maximum absolute atomic E-state index is 13.5. The van der Waals surface area contributed by atoms with E-state index in [9.17, 15) is 19.5 Å². The van der Waals surface area contributed by atoms with Crippen molar-refractivity contribution in [2.24, 2.45) is 17.8 Å². The number of carbonyl (C=O) groups excluding carboxylic acids is 3. The Bertz CT molecular complexity index is 1340. The molecule has 0 atom stereocenters. The van der Waals surface area contributed by atoms with Crippen LogP contribution in [0.15, 0.2) is 66.8 Å². The summed E-state index contributed by atoms with van der Waals surface area (Å²) >= 11 is 0. The highest BCUT2D eigenvalue weighted by atomic mass is 16.6. The normalized spacial score (nSPS) is 21.4. The lowest BCUT2D eigenvalue weighted by atomic mass is 9.70. The van der Waals surface area contributed by atoms with Crippen molar-refractivity contribution in [3.05, 3.63) is 72.3 Å². The predicted molar refractivity (Wildman–Crippen MR) is 172 cm³/mol. The van der Waals surface area contributed by atoms with Crippen molar-refractivity contribution < 1.29 is 38.8 Å². The summed E-state index contributed by atoms with van der Waals surface area (Å²) in [4.78, 5) is 37.9. The largest absolute Gasteiger partial charge is 0.459 e. The van der Waals surface area contributed by atoms with Crippen molar-refractivity contribution in [3.8, 4) is 22.6 Å². The van der Waals surface area contributed by atoms with Crippen LogP contribution < -0.4 is 9.47 Å². The van der Waals surface area contributed by atoms with E-state index in [1.165, 1.54) is 51.0 Å². The zero-order chi connectivity index (χ0) is 32.3. The van der Waals surface area contributed by atoms with Crippen LogP contribution in [0.1, 0.15) is 87.9 Å². The van der Waals surface area contributed by atoms with Crippen molar-refractivity contribution in [2.45, 2.75) is 83.7 Å². The molecule has 2 N–H and O–H groups in total. The van der Waals surface area contributed by atoms with Gasteiger partial charge in [-0.2, -0.15) is 0 Å². The number of carbonyl (C=O) groups is 3. The molecule has 0 radical (unpaired) electrons. The van der Waals surface area contributed by atoms with Gasteiger partial charge in [0.15, 0.2) is 0 Å². The van der Waals surface area contributed by atoms with Gasteiger partial charge in [0.25, 0.3) is 0 Å². The van der Waals surface area contributed by atoms with Gasteiger partial charge in [0.05, 0.1) is 24.4 Å². The van der Waals surface area contributed by atoms with Crippen LogP contribution in [0.25, 0.3) is 11.1 Å². The molecule has 0 aliphatic heterocycles. The molecule has 0 unspecified atom stereocenters. The molecule has 2 aliphatic carbocycles. The Morgan fingerprint density at radius 1 is 0.756 bits per heavy atom. The van der Waals surface area contributed by atoms with Crippen molar-refractivity contribution in [1.82, 2.24) is 0 Å². The molecule has 2 aliphatic rings. The Balaban J connectivity index is 1.43. The first kappa shape index (κ1) is 34.1. The summed E-state index contributed by atoms with van der Waals surface area (Å²) in [5.41, 5.74) is 1.26. The third-order valence-electron chi connectivity index (χ3n) is 9.28. The standard InChI is InChI=1S/C37H46O8/c1-4-5-6-26-7-9-27(10-8-26)28-11-16-32(17-12-28)44-37(42)33-21-30(15-20-34(33)45-36(41)25(3)23-39)29-13-18-31(19-14-29)43-35(40)24(2)22-38/h13-15,18-21,26-28,32,38-39H,2-12,16-17,22-23H2,1H3. The summed E-state index contributed by atoms with van der Waals surface area (Å²) < 4.78 is 16.6. The van der Waals surface area contributed by atoms with Crippen molar-refractivity contribution in [1.29, 1.82) is 0 Å². The van der Waals surface area contributed by atoms with E-state index in [1.807, 2.05) is 0 Å². The number of hydrogen-bond acceptors (Lipinski definition) is 8. The van der Waals surface area contributed by atoms with Crippen LogP contribution in [0, 0.1) is 17.8 Å². The second-order valence-corrected chi connectivity index (χ2v) is 12.4. The van der Waals surface area contributed by atoms with Crippen molar-refractivity contribution in [3.63, 3.8) is 0 Å². The monoisotopic (exact) mass is 618 g/mol. The minimum absolute atomic E-state index is 0.0185. The Morgan fingerprint density at radius 3 is 1.89 bits per heavy atom. The van der Waals surface area contributed by atoms with Gasteiger partial charge in [0.2, 0.25) is 0 Å². The highest BCUT2D eigenvalue weighted by molar-refractivity contribution is 5.97. The van der Waals surface area contributed by atoms with Crippen molar-refractivity contribution >= 4 is 17.9 Å². The highest BCUT2D eigenvalue weighted by Crippen LogP contribution is 2.42. The van der Waals surface area contributed by atoms with E-state index in [-0.39, 0.29) is 34.3 Å². The average Bonchev–Trinajstić information content (AvgIpc) is 3.07. The molecule has 2 saturated carbocycles. The average molecular weight is 619 g/mol. The maximum Gasteiger partial charge on any atom is 0.342 e. The number of hydrogen-bond donors (Lipinski definition) is 2. The second kappa shape index (κ2) is 16.5.